The molecule has 0 unspecified atom stereocenters. The van der Waals surface area contributed by atoms with Gasteiger partial charge in [-0.05, 0) is 37.1 Å². The topological polar surface area (TPSA) is 46.9 Å². The fourth-order valence-corrected chi connectivity index (χ4v) is 3.18. The van der Waals surface area contributed by atoms with Gasteiger partial charge in [0.2, 0.25) is 0 Å². The van der Waals surface area contributed by atoms with Crippen molar-refractivity contribution in [2.24, 2.45) is 0 Å². The van der Waals surface area contributed by atoms with Gasteiger partial charge in [-0.2, -0.15) is 0 Å². The Balaban J connectivity index is 1.58. The number of imidazole rings is 1. The predicted molar refractivity (Wildman–Crippen MR) is 94.9 cm³/mol. The van der Waals surface area contributed by atoms with Crippen LogP contribution in [0.4, 0.5) is 14.5 Å². The summed E-state index contributed by atoms with van der Waals surface area (Å²) >= 11 is 0. The van der Waals surface area contributed by atoms with Crippen molar-refractivity contribution < 1.29 is 13.6 Å². The Morgan fingerprint density at radius 1 is 1.12 bits per heavy atom. The van der Waals surface area contributed by atoms with Crippen LogP contribution in [0.1, 0.15) is 29.0 Å². The minimum absolute atomic E-state index is 0.200. The van der Waals surface area contributed by atoms with Crippen molar-refractivity contribution in [2.45, 2.75) is 25.8 Å². The van der Waals surface area contributed by atoms with Crippen molar-refractivity contribution in [2.75, 3.05) is 5.32 Å². The van der Waals surface area contributed by atoms with Crippen molar-refractivity contribution >= 4 is 11.6 Å². The van der Waals surface area contributed by atoms with Gasteiger partial charge in [0.25, 0.3) is 5.91 Å². The van der Waals surface area contributed by atoms with Gasteiger partial charge in [0.15, 0.2) is 0 Å². The molecule has 2 aromatic carbocycles. The number of rotatable bonds is 3. The smallest absolute Gasteiger partial charge is 0.258 e. The number of fused-ring (bicyclic) bond motifs is 1. The summed E-state index contributed by atoms with van der Waals surface area (Å²) in [7, 11) is 0. The van der Waals surface area contributed by atoms with Crippen LogP contribution in [-0.2, 0) is 13.0 Å². The lowest BCUT2D eigenvalue weighted by Crippen LogP contribution is -2.13. The summed E-state index contributed by atoms with van der Waals surface area (Å²) in [6, 6.07) is 10.1. The number of halogens is 2. The van der Waals surface area contributed by atoms with Gasteiger partial charge in [-0.25, -0.2) is 13.8 Å². The number of amides is 1. The minimum atomic E-state index is -0.888. The number of nitrogens with one attached hydrogen (secondary N) is 1. The summed E-state index contributed by atoms with van der Waals surface area (Å²) in [5.74, 6) is -1.15. The van der Waals surface area contributed by atoms with Gasteiger partial charge < -0.3 is 9.88 Å². The van der Waals surface area contributed by atoms with E-state index < -0.39 is 17.5 Å². The molecular weight excluding hydrogens is 336 g/mol. The third-order valence-electron chi connectivity index (χ3n) is 4.50. The van der Waals surface area contributed by atoms with Crippen LogP contribution in [0.25, 0.3) is 11.3 Å². The maximum absolute atomic E-state index is 13.8. The van der Waals surface area contributed by atoms with E-state index in [1.165, 1.54) is 0 Å². The molecule has 0 bridgehead atoms. The Kier molecular flexibility index (Phi) is 4.24. The first-order valence-corrected chi connectivity index (χ1v) is 8.53. The highest BCUT2D eigenvalue weighted by molar-refractivity contribution is 6.04. The molecule has 0 spiro atoms. The second kappa shape index (κ2) is 6.71. The van der Waals surface area contributed by atoms with Crippen LogP contribution < -0.4 is 5.32 Å². The summed E-state index contributed by atoms with van der Waals surface area (Å²) in [5.41, 5.74) is 2.06. The van der Waals surface area contributed by atoms with Crippen molar-refractivity contribution in [1.82, 2.24) is 9.55 Å². The third-order valence-corrected chi connectivity index (χ3v) is 4.50. The zero-order valence-electron chi connectivity index (χ0n) is 14.0. The van der Waals surface area contributed by atoms with Crippen LogP contribution in [0.3, 0.4) is 0 Å². The molecule has 1 amide bonds. The summed E-state index contributed by atoms with van der Waals surface area (Å²) < 4.78 is 28.9. The predicted octanol–water partition coefficient (Wildman–Crippen LogP) is 4.42. The maximum Gasteiger partial charge on any atom is 0.258 e. The minimum Gasteiger partial charge on any atom is -0.334 e. The number of carbonyl (C=O) groups excluding carboxylic acids is 1. The summed E-state index contributed by atoms with van der Waals surface area (Å²) in [6.45, 7) is 0.975. The molecule has 0 saturated heterocycles. The van der Waals surface area contributed by atoms with Gasteiger partial charge in [-0.1, -0.05) is 12.1 Å². The van der Waals surface area contributed by atoms with E-state index in [0.717, 1.165) is 55.0 Å². The standard InChI is InChI=1S/C20H17F2N3O/c21-14-7-8-16(17(22)11-14)20(26)23-15-5-3-4-13(10-15)18-12-25-9-2-1-6-19(25)24-18/h3-5,7-8,10-12H,1-2,6,9H2,(H,23,26). The first-order chi connectivity index (χ1) is 12.6. The summed E-state index contributed by atoms with van der Waals surface area (Å²) in [5, 5.41) is 2.65. The van der Waals surface area contributed by atoms with E-state index in [0.29, 0.717) is 11.8 Å². The Hall–Kier alpha value is -3.02. The fraction of sp³-hybridized carbons (Fsp3) is 0.200. The molecule has 0 saturated carbocycles. The number of benzene rings is 2. The van der Waals surface area contributed by atoms with Gasteiger partial charge >= 0.3 is 0 Å². The zero-order valence-corrected chi connectivity index (χ0v) is 14.0. The van der Waals surface area contributed by atoms with Gasteiger partial charge in [0, 0.05) is 36.5 Å². The first kappa shape index (κ1) is 16.4. The van der Waals surface area contributed by atoms with E-state index in [2.05, 4.69) is 14.9 Å². The lowest BCUT2D eigenvalue weighted by molar-refractivity contribution is 0.102. The number of aryl methyl sites for hydroxylation is 2. The molecule has 4 rings (SSSR count). The number of hydrogen-bond acceptors (Lipinski definition) is 2. The third kappa shape index (κ3) is 3.22. The Bertz CT molecular complexity index is 957. The molecular formula is C20H17F2N3O. The Labute approximate surface area is 149 Å². The van der Waals surface area contributed by atoms with E-state index in [1.807, 2.05) is 18.3 Å². The van der Waals surface area contributed by atoms with Gasteiger partial charge in [0.05, 0.1) is 11.3 Å². The Morgan fingerprint density at radius 3 is 2.81 bits per heavy atom. The second-order valence-electron chi connectivity index (χ2n) is 6.35. The molecule has 26 heavy (non-hydrogen) atoms. The molecule has 132 valence electrons. The van der Waals surface area contributed by atoms with Crippen molar-refractivity contribution in [3.8, 4) is 11.3 Å². The molecule has 0 aliphatic carbocycles. The van der Waals surface area contributed by atoms with E-state index >= 15 is 0 Å². The van der Waals surface area contributed by atoms with Crippen LogP contribution >= 0.6 is 0 Å². The first-order valence-electron chi connectivity index (χ1n) is 8.53. The van der Waals surface area contributed by atoms with E-state index in [4.69, 9.17) is 0 Å². The number of nitrogens with zero attached hydrogens (tertiary/aromatic N) is 2. The molecule has 1 N–H and O–H groups in total. The lowest BCUT2D eigenvalue weighted by Gasteiger charge is -2.11. The molecule has 1 aliphatic heterocycles. The number of hydrogen-bond donors (Lipinski definition) is 1. The average Bonchev–Trinajstić information content (AvgIpc) is 3.06. The molecule has 1 aliphatic rings. The number of carbonyl (C=O) groups is 1. The second-order valence-corrected chi connectivity index (χ2v) is 6.35. The molecule has 1 aromatic heterocycles. The Morgan fingerprint density at radius 2 is 2.00 bits per heavy atom. The highest BCUT2D eigenvalue weighted by atomic mass is 19.1. The maximum atomic E-state index is 13.8. The molecule has 0 radical (unpaired) electrons. The lowest BCUT2D eigenvalue weighted by atomic mass is 10.1. The monoisotopic (exact) mass is 353 g/mol. The van der Waals surface area contributed by atoms with Gasteiger partial charge in [0.1, 0.15) is 17.5 Å². The highest BCUT2D eigenvalue weighted by Gasteiger charge is 2.15. The summed E-state index contributed by atoms with van der Waals surface area (Å²) in [6.07, 6.45) is 5.30. The van der Waals surface area contributed by atoms with E-state index in [1.54, 1.807) is 12.1 Å². The molecule has 0 fully saturated rings. The van der Waals surface area contributed by atoms with Gasteiger partial charge in [-0.15, -0.1) is 0 Å². The highest BCUT2D eigenvalue weighted by Crippen LogP contribution is 2.25. The quantitative estimate of drug-likeness (QED) is 0.758. The average molecular weight is 353 g/mol. The normalized spacial score (nSPS) is 13.3. The van der Waals surface area contributed by atoms with Crippen LogP contribution in [0, 0.1) is 11.6 Å². The van der Waals surface area contributed by atoms with E-state index in [9.17, 15) is 13.6 Å². The van der Waals surface area contributed by atoms with E-state index in [-0.39, 0.29) is 5.56 Å². The molecule has 2 heterocycles. The van der Waals surface area contributed by atoms with Crippen molar-refractivity contribution in [1.29, 1.82) is 0 Å². The number of anilines is 1. The summed E-state index contributed by atoms with van der Waals surface area (Å²) in [4.78, 5) is 16.9. The zero-order chi connectivity index (χ0) is 18.1. The van der Waals surface area contributed by atoms with Crippen molar-refractivity contribution in [3.63, 3.8) is 0 Å². The molecule has 3 aromatic rings. The van der Waals surface area contributed by atoms with Crippen LogP contribution in [0.5, 0.6) is 0 Å². The number of aromatic nitrogens is 2. The van der Waals surface area contributed by atoms with Crippen LogP contribution in [0.15, 0.2) is 48.7 Å². The van der Waals surface area contributed by atoms with Gasteiger partial charge in [-0.3, -0.25) is 4.79 Å². The van der Waals surface area contributed by atoms with Crippen LogP contribution in [-0.4, -0.2) is 15.5 Å². The molecule has 4 nitrogen and oxygen atoms in total. The SMILES string of the molecule is O=C(Nc1cccc(-c2cn3c(n2)CCCC3)c1)c1ccc(F)cc1F. The molecule has 0 atom stereocenters. The van der Waals surface area contributed by atoms with Crippen LogP contribution in [0.2, 0.25) is 0 Å². The molecule has 6 heteroatoms. The largest absolute Gasteiger partial charge is 0.334 e. The van der Waals surface area contributed by atoms with Crippen molar-refractivity contribution in [3.05, 3.63) is 71.7 Å². The fourth-order valence-electron chi connectivity index (χ4n) is 3.18.